The highest BCUT2D eigenvalue weighted by Gasteiger charge is 2.19. The zero-order chi connectivity index (χ0) is 14.2. The summed E-state index contributed by atoms with van der Waals surface area (Å²) in [6.07, 6.45) is 3.30. The molecule has 0 radical (unpaired) electrons. The van der Waals surface area contributed by atoms with Crippen molar-refractivity contribution in [1.29, 1.82) is 0 Å². The molecule has 1 aromatic carbocycles. The van der Waals surface area contributed by atoms with E-state index in [1.807, 2.05) is 6.07 Å². The Morgan fingerprint density at radius 1 is 1.50 bits per heavy atom. The lowest BCUT2D eigenvalue weighted by molar-refractivity contribution is -0.0209. The van der Waals surface area contributed by atoms with Gasteiger partial charge in [-0.1, -0.05) is 19.1 Å². The van der Waals surface area contributed by atoms with Gasteiger partial charge in [0.25, 0.3) is 0 Å². The van der Waals surface area contributed by atoms with Gasteiger partial charge in [-0.3, -0.25) is 0 Å². The monoisotopic (exact) mass is 281 g/mol. The molecule has 0 spiro atoms. The minimum Gasteiger partial charge on any atom is -0.376 e. The molecule has 2 rings (SSSR count). The van der Waals surface area contributed by atoms with Gasteiger partial charge in [-0.25, -0.2) is 4.39 Å². The van der Waals surface area contributed by atoms with Crippen LogP contribution in [-0.2, 0) is 9.47 Å². The lowest BCUT2D eigenvalue weighted by Crippen LogP contribution is -2.26. The Balaban J connectivity index is 1.92. The number of nitrogens with one attached hydrogen (secondary N) is 1. The molecule has 1 fully saturated rings. The summed E-state index contributed by atoms with van der Waals surface area (Å²) in [6, 6.07) is 6.65. The highest BCUT2D eigenvalue weighted by atomic mass is 19.1. The molecule has 4 heteroatoms. The predicted octanol–water partition coefficient (Wildman–Crippen LogP) is 3.06. The zero-order valence-corrected chi connectivity index (χ0v) is 12.1. The maximum Gasteiger partial charge on any atom is 0.123 e. The van der Waals surface area contributed by atoms with Crippen LogP contribution in [-0.4, -0.2) is 32.4 Å². The smallest absolute Gasteiger partial charge is 0.123 e. The lowest BCUT2D eigenvalue weighted by Gasteiger charge is -2.21. The second-order valence-corrected chi connectivity index (χ2v) is 5.22. The number of rotatable bonds is 8. The fraction of sp³-hybridized carbons (Fsp3) is 0.625. The molecule has 20 heavy (non-hydrogen) atoms. The van der Waals surface area contributed by atoms with Crippen LogP contribution in [0.5, 0.6) is 0 Å². The van der Waals surface area contributed by atoms with E-state index in [9.17, 15) is 4.39 Å². The summed E-state index contributed by atoms with van der Waals surface area (Å²) in [6.45, 7) is 5.16. The van der Waals surface area contributed by atoms with Crippen molar-refractivity contribution in [2.75, 3.05) is 26.3 Å². The molecule has 3 nitrogen and oxygen atoms in total. The third-order valence-corrected chi connectivity index (χ3v) is 3.48. The van der Waals surface area contributed by atoms with E-state index < -0.39 is 0 Å². The number of benzene rings is 1. The Morgan fingerprint density at radius 3 is 3.10 bits per heavy atom. The summed E-state index contributed by atoms with van der Waals surface area (Å²) in [5, 5.41) is 3.34. The molecule has 0 amide bonds. The Bertz CT molecular complexity index is 394. The SMILES string of the molecule is CCCNCC(OCC1CCCO1)c1cccc(F)c1. The first kappa shape index (κ1) is 15.4. The van der Waals surface area contributed by atoms with Gasteiger partial charge >= 0.3 is 0 Å². The van der Waals surface area contributed by atoms with Gasteiger partial charge in [0.2, 0.25) is 0 Å². The van der Waals surface area contributed by atoms with Crippen LogP contribution in [0.2, 0.25) is 0 Å². The molecule has 0 saturated carbocycles. The minimum absolute atomic E-state index is 0.124. The third kappa shape index (κ3) is 4.85. The highest BCUT2D eigenvalue weighted by Crippen LogP contribution is 2.20. The van der Waals surface area contributed by atoms with Crippen molar-refractivity contribution >= 4 is 0 Å². The molecule has 0 bridgehead atoms. The molecule has 1 saturated heterocycles. The topological polar surface area (TPSA) is 30.5 Å². The highest BCUT2D eigenvalue weighted by molar-refractivity contribution is 5.19. The first-order chi connectivity index (χ1) is 9.79. The minimum atomic E-state index is -0.219. The summed E-state index contributed by atoms with van der Waals surface area (Å²) in [7, 11) is 0. The van der Waals surface area contributed by atoms with E-state index in [0.717, 1.165) is 38.0 Å². The molecule has 2 unspecified atom stereocenters. The Morgan fingerprint density at radius 2 is 2.40 bits per heavy atom. The molecule has 1 aliphatic heterocycles. The number of hydrogen-bond acceptors (Lipinski definition) is 3. The van der Waals surface area contributed by atoms with Crippen molar-refractivity contribution in [3.05, 3.63) is 35.6 Å². The van der Waals surface area contributed by atoms with Gasteiger partial charge in [-0.2, -0.15) is 0 Å². The number of halogens is 1. The molecule has 1 N–H and O–H groups in total. The first-order valence-electron chi connectivity index (χ1n) is 7.49. The lowest BCUT2D eigenvalue weighted by atomic mass is 10.1. The van der Waals surface area contributed by atoms with Crippen molar-refractivity contribution in [2.24, 2.45) is 0 Å². The Labute approximate surface area is 120 Å². The van der Waals surface area contributed by atoms with Crippen molar-refractivity contribution in [3.8, 4) is 0 Å². The Kier molecular flexibility index (Phi) is 6.43. The van der Waals surface area contributed by atoms with Crippen LogP contribution in [0.15, 0.2) is 24.3 Å². The summed E-state index contributed by atoms with van der Waals surface area (Å²) >= 11 is 0. The van der Waals surface area contributed by atoms with E-state index in [1.165, 1.54) is 6.07 Å². The summed E-state index contributed by atoms with van der Waals surface area (Å²) in [5.41, 5.74) is 0.881. The molecular weight excluding hydrogens is 257 g/mol. The zero-order valence-electron chi connectivity index (χ0n) is 12.1. The van der Waals surface area contributed by atoms with Crippen LogP contribution in [0.25, 0.3) is 0 Å². The average Bonchev–Trinajstić information content (AvgIpc) is 2.96. The van der Waals surface area contributed by atoms with Crippen molar-refractivity contribution in [3.63, 3.8) is 0 Å². The van der Waals surface area contributed by atoms with Gasteiger partial charge in [0, 0.05) is 13.2 Å². The maximum absolute atomic E-state index is 13.4. The molecule has 1 aliphatic rings. The second-order valence-electron chi connectivity index (χ2n) is 5.22. The molecule has 1 aromatic rings. The van der Waals surface area contributed by atoms with E-state index in [4.69, 9.17) is 9.47 Å². The van der Waals surface area contributed by atoms with Gasteiger partial charge in [-0.05, 0) is 43.5 Å². The quantitative estimate of drug-likeness (QED) is 0.743. The van der Waals surface area contributed by atoms with Gasteiger partial charge in [0.05, 0.1) is 18.8 Å². The largest absolute Gasteiger partial charge is 0.376 e. The van der Waals surface area contributed by atoms with Crippen LogP contribution in [0.4, 0.5) is 4.39 Å². The second kappa shape index (κ2) is 8.35. The molecule has 2 atom stereocenters. The van der Waals surface area contributed by atoms with Crippen molar-refractivity contribution in [2.45, 2.75) is 38.4 Å². The van der Waals surface area contributed by atoms with Crippen LogP contribution in [0.3, 0.4) is 0 Å². The van der Waals surface area contributed by atoms with E-state index >= 15 is 0 Å². The van der Waals surface area contributed by atoms with E-state index in [1.54, 1.807) is 12.1 Å². The fourth-order valence-electron chi connectivity index (χ4n) is 2.39. The predicted molar refractivity (Wildman–Crippen MR) is 77.2 cm³/mol. The average molecular weight is 281 g/mol. The number of ether oxygens (including phenoxy) is 2. The Hall–Kier alpha value is -0.970. The molecule has 0 aromatic heterocycles. The standard InChI is InChI=1S/C16H24FNO2/c1-2-8-18-11-16(13-5-3-6-14(17)10-13)20-12-15-7-4-9-19-15/h3,5-6,10,15-16,18H,2,4,7-9,11-12H2,1H3. The van der Waals surface area contributed by atoms with Crippen LogP contribution in [0, 0.1) is 5.82 Å². The van der Waals surface area contributed by atoms with Crippen molar-refractivity contribution < 1.29 is 13.9 Å². The number of hydrogen-bond donors (Lipinski definition) is 1. The molecular formula is C16H24FNO2. The summed E-state index contributed by atoms with van der Waals surface area (Å²) < 4.78 is 24.9. The van der Waals surface area contributed by atoms with Crippen LogP contribution in [0.1, 0.15) is 37.9 Å². The third-order valence-electron chi connectivity index (χ3n) is 3.48. The summed E-state index contributed by atoms with van der Waals surface area (Å²) in [5.74, 6) is -0.219. The van der Waals surface area contributed by atoms with Gasteiger partial charge in [-0.15, -0.1) is 0 Å². The fourth-order valence-corrected chi connectivity index (χ4v) is 2.39. The molecule has 0 aliphatic carbocycles. The van der Waals surface area contributed by atoms with E-state index in [-0.39, 0.29) is 18.0 Å². The van der Waals surface area contributed by atoms with Crippen LogP contribution >= 0.6 is 0 Å². The van der Waals surface area contributed by atoms with Gasteiger partial charge < -0.3 is 14.8 Å². The maximum atomic E-state index is 13.4. The molecule has 112 valence electrons. The first-order valence-corrected chi connectivity index (χ1v) is 7.49. The van der Waals surface area contributed by atoms with E-state index in [2.05, 4.69) is 12.2 Å². The molecule has 1 heterocycles. The normalized spacial score (nSPS) is 20.2. The van der Waals surface area contributed by atoms with Gasteiger partial charge in [0.15, 0.2) is 0 Å². The van der Waals surface area contributed by atoms with E-state index in [0.29, 0.717) is 13.2 Å². The summed E-state index contributed by atoms with van der Waals surface area (Å²) in [4.78, 5) is 0. The van der Waals surface area contributed by atoms with Gasteiger partial charge in [0.1, 0.15) is 5.82 Å². The van der Waals surface area contributed by atoms with Crippen molar-refractivity contribution in [1.82, 2.24) is 5.32 Å². The van der Waals surface area contributed by atoms with Crippen LogP contribution < -0.4 is 5.32 Å².